The number of rotatable bonds is 3. The molecule has 1 heterocycles. The average Bonchev–Trinajstić information content (AvgIpc) is 2.39. The SMILES string of the molecule is Cc1cc(NC(=O)C2CCNCC2)ccc1C(N)=O.Cl. The normalized spacial score (nSPS) is 15.2. The van der Waals surface area contributed by atoms with Crippen LogP contribution in [0.15, 0.2) is 18.2 Å². The van der Waals surface area contributed by atoms with Crippen LogP contribution in [0.1, 0.15) is 28.8 Å². The Bertz CT molecular complexity index is 499. The first kappa shape index (κ1) is 16.5. The summed E-state index contributed by atoms with van der Waals surface area (Å²) < 4.78 is 0. The number of nitrogens with one attached hydrogen (secondary N) is 2. The van der Waals surface area contributed by atoms with E-state index >= 15 is 0 Å². The van der Waals surface area contributed by atoms with Crippen molar-refractivity contribution in [1.82, 2.24) is 5.32 Å². The van der Waals surface area contributed by atoms with Gasteiger partial charge in [0.1, 0.15) is 0 Å². The number of nitrogens with two attached hydrogens (primary N) is 1. The molecule has 4 N–H and O–H groups in total. The molecule has 0 aliphatic carbocycles. The van der Waals surface area contributed by atoms with Gasteiger partial charge >= 0.3 is 0 Å². The summed E-state index contributed by atoms with van der Waals surface area (Å²) >= 11 is 0. The largest absolute Gasteiger partial charge is 0.366 e. The zero-order chi connectivity index (χ0) is 13.8. The number of carbonyl (C=O) groups excluding carboxylic acids is 2. The van der Waals surface area contributed by atoms with Crippen LogP contribution in [0.4, 0.5) is 5.69 Å². The molecule has 0 bridgehead atoms. The van der Waals surface area contributed by atoms with E-state index in [1.54, 1.807) is 25.1 Å². The molecule has 1 aromatic carbocycles. The van der Waals surface area contributed by atoms with Crippen LogP contribution in [-0.2, 0) is 4.79 Å². The van der Waals surface area contributed by atoms with Gasteiger partial charge in [0.25, 0.3) is 0 Å². The molecule has 5 nitrogen and oxygen atoms in total. The minimum atomic E-state index is -0.450. The lowest BCUT2D eigenvalue weighted by Gasteiger charge is -2.21. The van der Waals surface area contributed by atoms with E-state index in [9.17, 15) is 9.59 Å². The fourth-order valence-corrected chi connectivity index (χ4v) is 2.35. The van der Waals surface area contributed by atoms with E-state index in [0.29, 0.717) is 11.3 Å². The minimum absolute atomic E-state index is 0. The molecule has 0 saturated carbocycles. The highest BCUT2D eigenvalue weighted by Gasteiger charge is 2.21. The number of halogens is 1. The van der Waals surface area contributed by atoms with Crippen molar-refractivity contribution in [2.75, 3.05) is 18.4 Å². The predicted molar refractivity (Wildman–Crippen MR) is 81.2 cm³/mol. The molecule has 6 heteroatoms. The van der Waals surface area contributed by atoms with E-state index in [2.05, 4.69) is 10.6 Å². The van der Waals surface area contributed by atoms with Crippen molar-refractivity contribution in [2.45, 2.75) is 19.8 Å². The van der Waals surface area contributed by atoms with Crippen LogP contribution in [0.25, 0.3) is 0 Å². The van der Waals surface area contributed by atoms with E-state index in [4.69, 9.17) is 5.73 Å². The maximum atomic E-state index is 12.1. The maximum Gasteiger partial charge on any atom is 0.248 e. The van der Waals surface area contributed by atoms with Gasteiger partial charge in [-0.1, -0.05) is 0 Å². The number of hydrogen-bond donors (Lipinski definition) is 3. The number of aryl methyl sites for hydroxylation is 1. The molecule has 110 valence electrons. The fourth-order valence-electron chi connectivity index (χ4n) is 2.35. The summed E-state index contributed by atoms with van der Waals surface area (Å²) in [5.41, 5.74) is 7.22. The third-order valence-electron chi connectivity index (χ3n) is 3.47. The molecule has 0 aromatic heterocycles. The molecular weight excluding hydrogens is 278 g/mol. The molecule has 1 saturated heterocycles. The molecule has 0 atom stereocenters. The molecule has 1 fully saturated rings. The zero-order valence-corrected chi connectivity index (χ0v) is 12.3. The number of amides is 2. The standard InChI is InChI=1S/C14H19N3O2.ClH/c1-9-8-11(2-3-12(9)13(15)18)17-14(19)10-4-6-16-7-5-10;/h2-3,8,10,16H,4-7H2,1H3,(H2,15,18)(H,17,19);1H. The summed E-state index contributed by atoms with van der Waals surface area (Å²) in [4.78, 5) is 23.2. The van der Waals surface area contributed by atoms with Crippen molar-refractivity contribution in [2.24, 2.45) is 11.7 Å². The Kier molecular flexibility index (Phi) is 5.98. The summed E-state index contributed by atoms with van der Waals surface area (Å²) in [5, 5.41) is 6.13. The van der Waals surface area contributed by atoms with Gasteiger partial charge in [-0.2, -0.15) is 0 Å². The lowest BCUT2D eigenvalue weighted by molar-refractivity contribution is -0.120. The van der Waals surface area contributed by atoms with Crippen LogP contribution >= 0.6 is 12.4 Å². The quantitative estimate of drug-likeness (QED) is 0.789. The monoisotopic (exact) mass is 297 g/mol. The topological polar surface area (TPSA) is 84.2 Å². The zero-order valence-electron chi connectivity index (χ0n) is 11.4. The molecule has 2 amide bonds. The Balaban J connectivity index is 0.00000200. The fraction of sp³-hybridized carbons (Fsp3) is 0.429. The highest BCUT2D eigenvalue weighted by molar-refractivity contribution is 5.96. The van der Waals surface area contributed by atoms with Gasteiger partial charge in [0.2, 0.25) is 11.8 Å². The van der Waals surface area contributed by atoms with Crippen LogP contribution < -0.4 is 16.4 Å². The summed E-state index contributed by atoms with van der Waals surface area (Å²) in [5.74, 6) is -0.334. The Morgan fingerprint density at radius 3 is 2.50 bits per heavy atom. The third kappa shape index (κ3) is 3.95. The van der Waals surface area contributed by atoms with Crippen molar-refractivity contribution in [3.63, 3.8) is 0 Å². The third-order valence-corrected chi connectivity index (χ3v) is 3.47. The molecule has 0 spiro atoms. The lowest BCUT2D eigenvalue weighted by atomic mass is 9.97. The van der Waals surface area contributed by atoms with Gasteiger partial charge in [-0.05, 0) is 56.6 Å². The number of piperidine rings is 1. The second-order valence-electron chi connectivity index (χ2n) is 4.91. The van der Waals surface area contributed by atoms with E-state index in [1.807, 2.05) is 0 Å². The van der Waals surface area contributed by atoms with Crippen molar-refractivity contribution in [3.05, 3.63) is 29.3 Å². The van der Waals surface area contributed by atoms with Crippen molar-refractivity contribution in [3.8, 4) is 0 Å². The van der Waals surface area contributed by atoms with Crippen molar-refractivity contribution >= 4 is 29.9 Å². The highest BCUT2D eigenvalue weighted by atomic mass is 35.5. The van der Waals surface area contributed by atoms with Crippen molar-refractivity contribution < 1.29 is 9.59 Å². The smallest absolute Gasteiger partial charge is 0.248 e. The summed E-state index contributed by atoms with van der Waals surface area (Å²) in [6.45, 7) is 3.58. The van der Waals surface area contributed by atoms with Gasteiger partial charge in [-0.25, -0.2) is 0 Å². The first-order valence-electron chi connectivity index (χ1n) is 6.50. The van der Waals surface area contributed by atoms with Gasteiger partial charge in [-0.3, -0.25) is 9.59 Å². The molecule has 1 aliphatic heterocycles. The molecule has 0 unspecified atom stereocenters. The van der Waals surface area contributed by atoms with Crippen LogP contribution in [-0.4, -0.2) is 24.9 Å². The molecule has 1 aromatic rings. The van der Waals surface area contributed by atoms with Crippen LogP contribution in [0.5, 0.6) is 0 Å². The second-order valence-corrected chi connectivity index (χ2v) is 4.91. The van der Waals surface area contributed by atoms with Crippen molar-refractivity contribution in [1.29, 1.82) is 0 Å². The van der Waals surface area contributed by atoms with Crippen LogP contribution in [0.3, 0.4) is 0 Å². The highest BCUT2D eigenvalue weighted by Crippen LogP contribution is 2.18. The minimum Gasteiger partial charge on any atom is -0.366 e. The van der Waals surface area contributed by atoms with Gasteiger partial charge < -0.3 is 16.4 Å². The summed E-state index contributed by atoms with van der Waals surface area (Å²) in [7, 11) is 0. The van der Waals surface area contributed by atoms with Gasteiger partial charge in [0.15, 0.2) is 0 Å². The van der Waals surface area contributed by atoms with Crippen LogP contribution in [0, 0.1) is 12.8 Å². The Morgan fingerprint density at radius 2 is 1.95 bits per heavy atom. The number of anilines is 1. The Hall–Kier alpha value is -1.59. The number of primary amides is 1. The maximum absolute atomic E-state index is 12.1. The molecule has 2 rings (SSSR count). The van der Waals surface area contributed by atoms with Gasteiger partial charge in [-0.15, -0.1) is 12.4 Å². The molecule has 20 heavy (non-hydrogen) atoms. The van der Waals surface area contributed by atoms with E-state index in [-0.39, 0.29) is 24.2 Å². The Labute approximate surface area is 124 Å². The van der Waals surface area contributed by atoms with Gasteiger partial charge in [0.05, 0.1) is 0 Å². The first-order chi connectivity index (χ1) is 9.08. The number of carbonyl (C=O) groups is 2. The molecule has 0 radical (unpaired) electrons. The molecular formula is C14H20ClN3O2. The molecule has 1 aliphatic rings. The van der Waals surface area contributed by atoms with E-state index < -0.39 is 5.91 Å². The second kappa shape index (κ2) is 7.26. The summed E-state index contributed by atoms with van der Waals surface area (Å²) in [6.07, 6.45) is 1.73. The van der Waals surface area contributed by atoms with E-state index in [1.165, 1.54) is 0 Å². The lowest BCUT2D eigenvalue weighted by Crippen LogP contribution is -2.34. The Morgan fingerprint density at radius 1 is 1.30 bits per heavy atom. The number of hydrogen-bond acceptors (Lipinski definition) is 3. The average molecular weight is 298 g/mol. The number of benzene rings is 1. The van der Waals surface area contributed by atoms with E-state index in [0.717, 1.165) is 31.5 Å². The van der Waals surface area contributed by atoms with Gasteiger partial charge in [0, 0.05) is 17.2 Å². The van der Waals surface area contributed by atoms with Crippen LogP contribution in [0.2, 0.25) is 0 Å². The first-order valence-corrected chi connectivity index (χ1v) is 6.50. The predicted octanol–water partition coefficient (Wildman–Crippen LogP) is 1.45. The summed E-state index contributed by atoms with van der Waals surface area (Å²) in [6, 6.07) is 5.14.